The zero-order chi connectivity index (χ0) is 146. The van der Waals surface area contributed by atoms with E-state index in [2.05, 4.69) is 0 Å². The van der Waals surface area contributed by atoms with Crippen LogP contribution in [0.4, 0.5) is 0 Å². The summed E-state index contributed by atoms with van der Waals surface area (Å²) in [6.07, 6.45) is -52.8. The second kappa shape index (κ2) is 43.9. The van der Waals surface area contributed by atoms with E-state index in [0.717, 1.165) is 45.6 Å². The normalized spacial score (nSPS) is 46.0. The first-order valence-electron chi connectivity index (χ1n) is 70.7. The first-order valence-corrected chi connectivity index (χ1v) is 37.7. The van der Waals surface area contributed by atoms with Crippen LogP contribution in [0.25, 0.3) is 0 Å². The molecule has 4 fully saturated rings. The van der Waals surface area contributed by atoms with Crippen LogP contribution in [0, 0.1) is 70.8 Å². The van der Waals surface area contributed by atoms with Crippen molar-refractivity contribution in [2.24, 2.45) is 93.8 Å². The van der Waals surface area contributed by atoms with Gasteiger partial charge in [-0.3, -0.25) is 38.8 Å². The number of nitrogens with zero attached hydrogens (tertiary/aromatic N) is 4. The Morgan fingerprint density at radius 2 is 0.708 bits per heavy atom. The molecule has 0 radical (unpaired) electrons. The summed E-state index contributed by atoms with van der Waals surface area (Å²) in [6, 6.07) is -17.1. The molecule has 24 heteroatoms. The maximum absolute atomic E-state index is 13.4. The van der Waals surface area contributed by atoms with E-state index >= 15 is 0 Å². The molecule has 8 N–H and O–H groups in total. The second-order valence-electron chi connectivity index (χ2n) is 29.1. The highest BCUT2D eigenvalue weighted by Crippen LogP contribution is 2.50. The molecule has 0 aromatic heterocycles. The molecule has 20 atom stereocenters. The van der Waals surface area contributed by atoms with Crippen molar-refractivity contribution in [3.63, 3.8) is 0 Å². The largest absolute Gasteiger partial charge is 0.493 e. The fraction of sp³-hybridized carbons (Fsp3) is 0.708. The summed E-state index contributed by atoms with van der Waals surface area (Å²) >= 11 is 0. The molecule has 0 spiro atoms. The van der Waals surface area contributed by atoms with Crippen LogP contribution in [0.1, 0.15) is 321 Å². The van der Waals surface area contributed by atoms with E-state index in [4.69, 9.17) is 137 Å². The third-order valence-corrected chi connectivity index (χ3v) is 18.8. The number of fused-ring (bicyclic) bond motifs is 12. The van der Waals surface area contributed by atoms with Gasteiger partial charge in [0, 0.05) is 197 Å². The van der Waals surface area contributed by atoms with Crippen LogP contribution < -0.4 is 60.8 Å². The summed E-state index contributed by atoms with van der Waals surface area (Å²) in [4.78, 5) is 53.8. The number of carbonyl (C=O) groups is 4. The molecule has 8 heterocycles. The van der Waals surface area contributed by atoms with Gasteiger partial charge in [-0.1, -0.05) is 110 Å². The molecule has 0 aliphatic carbocycles. The summed E-state index contributed by atoms with van der Waals surface area (Å²) < 4.78 is 637. The van der Waals surface area contributed by atoms with Crippen LogP contribution in [-0.4, -0.2) is 201 Å². The molecule has 24 nitrogen and oxygen atoms in total. The third-order valence-electron chi connectivity index (χ3n) is 18.8. The van der Waals surface area contributed by atoms with E-state index in [-0.39, 0.29) is 43.9 Å². The van der Waals surface area contributed by atoms with Crippen molar-refractivity contribution >= 4 is 23.9 Å². The van der Waals surface area contributed by atoms with Crippen molar-refractivity contribution in [3.05, 3.63) is 92.9 Å². The number of ether oxygens (including phenoxy) is 12. The van der Waals surface area contributed by atoms with Gasteiger partial charge in [0.05, 0.1) is 75.9 Å². The molecule has 16 unspecified atom stereocenters. The Labute approximate surface area is 811 Å². The Hall–Kier alpha value is -7.16. The van der Waals surface area contributed by atoms with E-state index in [1.807, 2.05) is 0 Å². The lowest BCUT2D eigenvalue weighted by molar-refractivity contribution is -0.161. The van der Waals surface area contributed by atoms with Crippen molar-refractivity contribution in [2.45, 2.75) is 260 Å². The van der Waals surface area contributed by atoms with E-state index in [1.54, 1.807) is 0 Å². The molecular weight excluding hydrogens is 1520 g/mol. The van der Waals surface area contributed by atoms with Gasteiger partial charge >= 0.3 is 23.9 Å². The van der Waals surface area contributed by atoms with Gasteiger partial charge < -0.3 is 79.8 Å². The molecule has 120 heavy (non-hydrogen) atoms. The first kappa shape index (κ1) is 40.4. The van der Waals surface area contributed by atoms with E-state index in [0.29, 0.717) is 32.6 Å². The number of esters is 4. The molecular formula is C96H152N8O16. The summed E-state index contributed by atoms with van der Waals surface area (Å²) in [5, 5.41) is 0. The van der Waals surface area contributed by atoms with Gasteiger partial charge in [0.15, 0.2) is 46.0 Å². The number of carbonyl (C=O) groups excluding carboxylic acids is 4. The number of methoxy groups -OCH3 is 8. The van der Waals surface area contributed by atoms with Crippen LogP contribution in [0.15, 0.2) is 48.4 Å². The molecule has 4 aromatic carbocycles. The lowest BCUT2D eigenvalue weighted by atomic mass is 9.79. The Morgan fingerprint density at radius 1 is 0.408 bits per heavy atom. The Kier molecular flexibility index (Phi) is 14.8. The van der Waals surface area contributed by atoms with Crippen LogP contribution in [0.3, 0.4) is 0 Å². The van der Waals surface area contributed by atoms with Gasteiger partial charge in [-0.05, 0) is 191 Å². The van der Waals surface area contributed by atoms with Crippen LogP contribution in [0.5, 0.6) is 46.0 Å². The van der Waals surface area contributed by atoms with Gasteiger partial charge in [-0.25, -0.2) is 0 Å². The minimum atomic E-state index is -4.27. The van der Waals surface area contributed by atoms with Gasteiger partial charge in [0.25, 0.3) is 0 Å². The number of nitrogens with two attached hydrogens (primary N) is 4. The Morgan fingerprint density at radius 3 is 1.04 bits per heavy atom. The van der Waals surface area contributed by atoms with Crippen LogP contribution in [0.2, 0.25) is 0 Å². The zero-order valence-electron chi connectivity index (χ0n) is 136. The fourth-order valence-corrected chi connectivity index (χ4v) is 12.1. The molecule has 8 aliphatic heterocycles. The topological polar surface area (TPSA) is 296 Å². The number of piperidine rings is 4. The van der Waals surface area contributed by atoms with Crippen LogP contribution >= 0.6 is 0 Å². The number of rotatable bonds is 28. The summed E-state index contributed by atoms with van der Waals surface area (Å²) in [7, 11) is 0.385. The smallest absolute Gasteiger partial charge is 0.323 e. The summed E-state index contributed by atoms with van der Waals surface area (Å²) in [5.74, 6) is -42.5. The molecule has 4 aromatic rings. The van der Waals surface area contributed by atoms with Gasteiger partial charge in [0.1, 0.15) is 48.5 Å². The SMILES string of the molecule is [2H]C([2H])([2H])Oc1cc2c(cc1OC)C1N(C([2H])([2H])C2([2H])[2H])C([2H])([2H])C([2H])(C([2H])([2H])C([2H])(C)C([2H])([2H])[2H])C(OC(=O)[C@@H](N)C(C)C)C1([2H])[2H].[2H]C1([2H])C2c3cc(OC)c(OC)cc3C([2H])([2H])C([2H])([2H])N2C([2H])([2H])C([2H])(C([2H])([2H])C([2H])(C)C([2H])([2H])[2H])C1OC(=O)[C@@H](N)C(C)C.[2H]c1c2c(c([2H])c(OC)c1OC([2H])([2H])[2H])C1([2H])N(CC2)C([2H])([2H])C([2H])(C([2H])([2H])C([2H])(C)C([2H])([2H])[2H])C([2H])(OC(=O)[C@@H](N)C(C)C)C1([2H])[2H].[2H]c1c2c(c([2H])c(OC)c1OC)C1([2H])N(CC2)C([2H])([2H])C([2H])(C([2H])([2H])C([2H])(C)C([2H])([2H])[2H])C([2H])(OC(=O)[C@@H](N)C(C)C)C1([2H])[2H]. The second-order valence-corrected chi connectivity index (χ2v) is 29.1. The van der Waals surface area contributed by atoms with Gasteiger partial charge in [-0.15, -0.1) is 0 Å². The predicted molar refractivity (Wildman–Crippen MR) is 471 cm³/mol. The minimum Gasteiger partial charge on any atom is -0.493 e. The summed E-state index contributed by atoms with van der Waals surface area (Å²) in [6.45, 7) is -25.1. The predicted octanol–water partition coefficient (Wildman–Crippen LogP) is 14.3. The highest BCUT2D eigenvalue weighted by Gasteiger charge is 2.47. The van der Waals surface area contributed by atoms with Gasteiger partial charge in [-0.2, -0.15) is 0 Å². The van der Waals surface area contributed by atoms with E-state index < -0.39 is 423 Å². The average molecular weight is 1740 g/mol. The quantitative estimate of drug-likeness (QED) is 0.0303. The monoisotopic (exact) mass is 1740 g/mol. The van der Waals surface area contributed by atoms with Crippen molar-refractivity contribution in [2.75, 3.05) is 109 Å². The highest BCUT2D eigenvalue weighted by atomic mass is 16.6. The van der Waals surface area contributed by atoms with Crippen molar-refractivity contribution in [1.82, 2.24) is 19.6 Å². The number of hydrogen-bond acceptors (Lipinski definition) is 24. The van der Waals surface area contributed by atoms with Crippen molar-refractivity contribution in [1.29, 1.82) is 0 Å². The molecule has 12 rings (SSSR count). The molecule has 0 bridgehead atoms. The Bertz CT molecular complexity index is 7260. The molecule has 672 valence electrons. The van der Waals surface area contributed by atoms with Crippen LogP contribution in [-0.2, 0) is 63.7 Å². The first-order chi connectivity index (χ1) is 82.3. The van der Waals surface area contributed by atoms with Crippen molar-refractivity contribution in [3.8, 4) is 46.0 Å². The molecule has 4 saturated heterocycles. The summed E-state index contributed by atoms with van der Waals surface area (Å²) in [5.41, 5.74) is 19.2. The molecule has 0 amide bonds. The Balaban J connectivity index is 0.000000270. The number of aryl methyl sites for hydroxylation is 2. The van der Waals surface area contributed by atoms with E-state index in [9.17, 15) is 52.1 Å². The van der Waals surface area contributed by atoms with Crippen molar-refractivity contribution < 1.29 is 166 Å². The molecule has 8 aliphatic rings. The minimum absolute atomic E-state index is 0.00138. The maximum atomic E-state index is 13.4. The average Bonchev–Trinajstić information content (AvgIpc) is 0.656. The lowest BCUT2D eigenvalue weighted by Crippen LogP contribution is -2.51. The fourth-order valence-electron chi connectivity index (χ4n) is 12.1. The number of hydrogen-bond donors (Lipinski definition) is 4. The van der Waals surface area contributed by atoms with Gasteiger partial charge in [0.2, 0.25) is 0 Å². The molecule has 0 saturated carbocycles. The standard InChI is InChI=1S/4C24H38N2O4/c4*1-14(2)9-17-13-26-8-7-16-10-21(28-5)22(29-6)11-18(16)19(26)12-20(17)30-24(27)23(25)15(3)4/h4*10-11,14-15,17,19-20,23H,7-9,12-13,25H2,1-6H3/t4*17?,19?,20?,23-/m0000/s1/i1D3,5D3,9D2,10D,11D,12D2,13D2,14D,17D,19D,20D;1D3,9D2,10D,11D,12D2,13D2,14D,17D,19D,20D;1D3,5D3,7D2,8D2,9D2,12D2,13D2,14D,17D;1D3,7D2,8D2,9D2,12D2,13D2,14D,17D/t4*14?,17?,19?,20?,23-. The third kappa shape index (κ3) is 23.8. The van der Waals surface area contributed by atoms with E-state index in [1.165, 1.54) is 76.7 Å². The highest BCUT2D eigenvalue weighted by molar-refractivity contribution is 5.77. The maximum Gasteiger partial charge on any atom is 0.323 e. The zero-order valence-corrected chi connectivity index (χ0v) is 69.7. The lowest BCUT2D eigenvalue weighted by Gasteiger charge is -2.47. The number of benzene rings is 4.